The summed E-state index contributed by atoms with van der Waals surface area (Å²) in [6, 6.07) is 10.6. The second-order valence-corrected chi connectivity index (χ2v) is 4.10. The van der Waals surface area contributed by atoms with E-state index in [1.54, 1.807) is 36.7 Å². The van der Waals surface area contributed by atoms with Crippen molar-refractivity contribution in [3.63, 3.8) is 0 Å². The van der Waals surface area contributed by atoms with E-state index in [2.05, 4.69) is 4.98 Å². The largest absolute Gasteiger partial charge is 0.324 e. The number of hydrogen-bond donors (Lipinski definition) is 1. The number of alkyl halides is 1. The third kappa shape index (κ3) is 2.68. The van der Waals surface area contributed by atoms with Gasteiger partial charge < -0.3 is 5.73 Å². The van der Waals surface area contributed by atoms with Crippen LogP contribution in [0.4, 0.5) is 4.39 Å². The first kappa shape index (κ1) is 11.7. The highest BCUT2D eigenvalue weighted by Gasteiger charge is 2.12. The zero-order valence-electron chi connectivity index (χ0n) is 9.68. The number of benzene rings is 1. The molecule has 0 amide bonds. The summed E-state index contributed by atoms with van der Waals surface area (Å²) in [5.74, 6) is 0. The van der Waals surface area contributed by atoms with E-state index < -0.39 is 6.17 Å². The summed E-state index contributed by atoms with van der Waals surface area (Å²) < 4.78 is 14.1. The first-order valence-corrected chi connectivity index (χ1v) is 5.58. The molecule has 0 aliphatic carbocycles. The lowest BCUT2D eigenvalue weighted by Gasteiger charge is -2.10. The molecule has 0 radical (unpaired) electrons. The van der Waals surface area contributed by atoms with Gasteiger partial charge in [-0.05, 0) is 35.7 Å². The van der Waals surface area contributed by atoms with E-state index >= 15 is 0 Å². The smallest absolute Gasteiger partial charge is 0.150 e. The standard InChI is InChI=1S/C14H15FN2/c1-10(16)11-2-4-12(5-3-11)14(15)13-6-8-17-9-7-13/h2-10,14H,16H2,1H3. The Labute approximate surface area is 100 Å². The molecule has 2 aromatic rings. The van der Waals surface area contributed by atoms with E-state index in [0.29, 0.717) is 11.1 Å². The van der Waals surface area contributed by atoms with Gasteiger partial charge in [0.1, 0.15) is 0 Å². The summed E-state index contributed by atoms with van der Waals surface area (Å²) in [5.41, 5.74) is 8.02. The molecule has 88 valence electrons. The van der Waals surface area contributed by atoms with Crippen LogP contribution >= 0.6 is 0 Å². The number of hydrogen-bond acceptors (Lipinski definition) is 2. The monoisotopic (exact) mass is 230 g/mol. The van der Waals surface area contributed by atoms with Gasteiger partial charge in [0.25, 0.3) is 0 Å². The second-order valence-electron chi connectivity index (χ2n) is 4.10. The average Bonchev–Trinajstić information content (AvgIpc) is 2.39. The van der Waals surface area contributed by atoms with E-state index in [4.69, 9.17) is 5.73 Å². The summed E-state index contributed by atoms with van der Waals surface area (Å²) in [7, 11) is 0. The van der Waals surface area contributed by atoms with Crippen LogP contribution in [0.3, 0.4) is 0 Å². The third-order valence-corrected chi connectivity index (χ3v) is 2.75. The first-order valence-electron chi connectivity index (χ1n) is 5.58. The predicted molar refractivity (Wildman–Crippen MR) is 66.2 cm³/mol. The Hall–Kier alpha value is -1.74. The summed E-state index contributed by atoms with van der Waals surface area (Å²) in [5, 5.41) is 0. The number of nitrogens with zero attached hydrogens (tertiary/aromatic N) is 1. The molecule has 1 heterocycles. The molecular weight excluding hydrogens is 215 g/mol. The van der Waals surface area contributed by atoms with Crippen molar-refractivity contribution in [1.29, 1.82) is 0 Å². The number of halogens is 1. The fraction of sp³-hybridized carbons (Fsp3) is 0.214. The van der Waals surface area contributed by atoms with Crippen LogP contribution in [-0.2, 0) is 0 Å². The van der Waals surface area contributed by atoms with Crippen molar-refractivity contribution in [3.8, 4) is 0 Å². The van der Waals surface area contributed by atoms with Gasteiger partial charge in [-0.25, -0.2) is 4.39 Å². The van der Waals surface area contributed by atoms with Crippen LogP contribution in [0, 0.1) is 0 Å². The van der Waals surface area contributed by atoms with Crippen molar-refractivity contribution in [2.24, 2.45) is 5.73 Å². The molecule has 2 N–H and O–H groups in total. The number of nitrogens with two attached hydrogens (primary N) is 1. The van der Waals surface area contributed by atoms with Gasteiger partial charge in [0.2, 0.25) is 0 Å². The fourth-order valence-electron chi connectivity index (χ4n) is 1.69. The molecular formula is C14H15FN2. The van der Waals surface area contributed by atoms with Gasteiger partial charge in [-0.1, -0.05) is 24.3 Å². The maximum atomic E-state index is 14.1. The topological polar surface area (TPSA) is 38.9 Å². The van der Waals surface area contributed by atoms with Crippen LogP contribution in [0.1, 0.15) is 35.8 Å². The van der Waals surface area contributed by atoms with Crippen LogP contribution < -0.4 is 5.73 Å². The number of pyridine rings is 1. The maximum Gasteiger partial charge on any atom is 0.150 e. The van der Waals surface area contributed by atoms with Crippen LogP contribution in [0.15, 0.2) is 48.8 Å². The highest BCUT2D eigenvalue weighted by Crippen LogP contribution is 2.26. The molecule has 1 aromatic carbocycles. The van der Waals surface area contributed by atoms with Crippen molar-refractivity contribution in [3.05, 3.63) is 65.5 Å². The van der Waals surface area contributed by atoms with E-state index in [-0.39, 0.29) is 6.04 Å². The fourth-order valence-corrected chi connectivity index (χ4v) is 1.69. The molecule has 0 saturated heterocycles. The summed E-state index contributed by atoms with van der Waals surface area (Å²) in [4.78, 5) is 3.88. The normalized spacial score (nSPS) is 14.3. The minimum atomic E-state index is -1.11. The molecule has 2 rings (SSSR count). The lowest BCUT2D eigenvalue weighted by Crippen LogP contribution is -2.05. The molecule has 17 heavy (non-hydrogen) atoms. The second kappa shape index (κ2) is 5.06. The average molecular weight is 230 g/mol. The molecule has 0 aliphatic rings. The highest BCUT2D eigenvalue weighted by atomic mass is 19.1. The number of rotatable bonds is 3. The summed E-state index contributed by atoms with van der Waals surface area (Å²) in [6.45, 7) is 1.91. The lowest BCUT2D eigenvalue weighted by atomic mass is 10.0. The Kier molecular flexibility index (Phi) is 3.49. The van der Waals surface area contributed by atoms with E-state index in [1.807, 2.05) is 19.1 Å². The molecule has 3 heteroatoms. The number of aromatic nitrogens is 1. The molecule has 0 fully saturated rings. The van der Waals surface area contributed by atoms with Crippen molar-refractivity contribution in [2.75, 3.05) is 0 Å². The van der Waals surface area contributed by atoms with Crippen LogP contribution in [0.5, 0.6) is 0 Å². The van der Waals surface area contributed by atoms with Gasteiger partial charge in [-0.15, -0.1) is 0 Å². The highest BCUT2D eigenvalue weighted by molar-refractivity contribution is 5.31. The molecule has 2 unspecified atom stereocenters. The summed E-state index contributed by atoms with van der Waals surface area (Å²) in [6.07, 6.45) is 2.08. The van der Waals surface area contributed by atoms with Crippen molar-refractivity contribution in [2.45, 2.75) is 19.1 Å². The minimum Gasteiger partial charge on any atom is -0.324 e. The Morgan fingerprint density at radius 3 is 1.94 bits per heavy atom. The zero-order chi connectivity index (χ0) is 12.3. The molecule has 2 nitrogen and oxygen atoms in total. The molecule has 0 saturated carbocycles. The molecule has 2 atom stereocenters. The van der Waals surface area contributed by atoms with Gasteiger partial charge in [-0.3, -0.25) is 4.98 Å². The van der Waals surface area contributed by atoms with E-state index in [9.17, 15) is 4.39 Å². The van der Waals surface area contributed by atoms with Gasteiger partial charge in [0, 0.05) is 18.4 Å². The van der Waals surface area contributed by atoms with Gasteiger partial charge in [-0.2, -0.15) is 0 Å². The van der Waals surface area contributed by atoms with Crippen molar-refractivity contribution >= 4 is 0 Å². The molecule has 0 bridgehead atoms. The SMILES string of the molecule is CC(N)c1ccc(C(F)c2ccncc2)cc1. The Morgan fingerprint density at radius 2 is 1.41 bits per heavy atom. The van der Waals surface area contributed by atoms with E-state index in [0.717, 1.165) is 5.56 Å². The van der Waals surface area contributed by atoms with Gasteiger partial charge in [0.15, 0.2) is 6.17 Å². The Balaban J connectivity index is 2.23. The van der Waals surface area contributed by atoms with Crippen molar-refractivity contribution < 1.29 is 4.39 Å². The zero-order valence-corrected chi connectivity index (χ0v) is 9.68. The van der Waals surface area contributed by atoms with Crippen molar-refractivity contribution in [1.82, 2.24) is 4.98 Å². The quantitative estimate of drug-likeness (QED) is 0.879. The van der Waals surface area contributed by atoms with E-state index in [1.165, 1.54) is 0 Å². The molecule has 0 spiro atoms. The third-order valence-electron chi connectivity index (χ3n) is 2.75. The molecule has 1 aromatic heterocycles. The molecule has 0 aliphatic heterocycles. The first-order chi connectivity index (χ1) is 8.18. The van der Waals surface area contributed by atoms with Crippen LogP contribution in [-0.4, -0.2) is 4.98 Å². The van der Waals surface area contributed by atoms with Crippen LogP contribution in [0.25, 0.3) is 0 Å². The maximum absolute atomic E-state index is 14.1. The van der Waals surface area contributed by atoms with Gasteiger partial charge in [0.05, 0.1) is 0 Å². The van der Waals surface area contributed by atoms with Crippen LogP contribution in [0.2, 0.25) is 0 Å². The van der Waals surface area contributed by atoms with Gasteiger partial charge >= 0.3 is 0 Å². The Morgan fingerprint density at radius 1 is 0.941 bits per heavy atom. The predicted octanol–water partition coefficient (Wildman–Crippen LogP) is 3.16. The lowest BCUT2D eigenvalue weighted by molar-refractivity contribution is 0.401. The Bertz CT molecular complexity index is 465. The minimum absolute atomic E-state index is 0.0250. The summed E-state index contributed by atoms with van der Waals surface area (Å²) >= 11 is 0.